The summed E-state index contributed by atoms with van der Waals surface area (Å²) in [6.45, 7) is 6.36. The molecule has 0 amide bonds. The molecule has 12 heteroatoms. The van der Waals surface area contributed by atoms with Gasteiger partial charge in [-0.25, -0.2) is 4.79 Å². The van der Waals surface area contributed by atoms with E-state index in [9.17, 15) is 29.1 Å². The number of unbranched alkanes of at least 4 members (excludes halogenated alkanes) is 2. The zero-order chi connectivity index (χ0) is 26.4. The van der Waals surface area contributed by atoms with E-state index in [1.807, 2.05) is 0 Å². The average molecular weight is 500 g/mol. The van der Waals surface area contributed by atoms with Crippen LogP contribution in [0.4, 0.5) is 0 Å². The zero-order valence-corrected chi connectivity index (χ0v) is 20.4. The van der Waals surface area contributed by atoms with E-state index in [1.54, 1.807) is 6.92 Å². The number of ether oxygens (including phenoxy) is 5. The molecule has 0 atom stereocenters. The smallest absolute Gasteiger partial charge is 0.488 e. The maximum atomic E-state index is 12.5. The van der Waals surface area contributed by atoms with Gasteiger partial charge >= 0.3 is 35.5 Å². The van der Waals surface area contributed by atoms with Crippen molar-refractivity contribution in [3.63, 3.8) is 0 Å². The second kappa shape index (κ2) is 14.6. The highest BCUT2D eigenvalue weighted by Crippen LogP contribution is 2.35. The van der Waals surface area contributed by atoms with Crippen LogP contribution in [0.15, 0.2) is 15.3 Å². The molecule has 0 aliphatic carbocycles. The fraction of sp³-hybridized carbons (Fsp3) is 0.609. The molecular weight excluding hydrogens is 468 g/mol. The van der Waals surface area contributed by atoms with Gasteiger partial charge in [-0.2, -0.15) is 0 Å². The van der Waals surface area contributed by atoms with Crippen molar-refractivity contribution < 1.29 is 52.4 Å². The van der Waals surface area contributed by atoms with E-state index in [-0.39, 0.29) is 38.3 Å². The molecule has 0 bridgehead atoms. The Morgan fingerprint density at radius 2 is 1.40 bits per heavy atom. The van der Waals surface area contributed by atoms with Gasteiger partial charge in [0.25, 0.3) is 0 Å². The summed E-state index contributed by atoms with van der Waals surface area (Å²) in [4.78, 5) is 60.0. The third-order valence-corrected chi connectivity index (χ3v) is 4.38. The van der Waals surface area contributed by atoms with Crippen molar-refractivity contribution in [3.05, 3.63) is 22.2 Å². The Labute approximate surface area is 202 Å². The van der Waals surface area contributed by atoms with Gasteiger partial charge in [0.15, 0.2) is 5.75 Å². The summed E-state index contributed by atoms with van der Waals surface area (Å²) >= 11 is 0. The number of hydrogen-bond donors (Lipinski definition) is 1. The van der Waals surface area contributed by atoms with Gasteiger partial charge in [0.1, 0.15) is 0 Å². The van der Waals surface area contributed by atoms with Crippen LogP contribution < -0.4 is 10.4 Å². The highest BCUT2D eigenvalue weighted by molar-refractivity contribution is 5.74. The number of rotatable bonds is 15. The van der Waals surface area contributed by atoms with Crippen LogP contribution in [0.3, 0.4) is 0 Å². The van der Waals surface area contributed by atoms with Gasteiger partial charge in [0.2, 0.25) is 11.5 Å². The van der Waals surface area contributed by atoms with Gasteiger partial charge in [-0.15, -0.1) is 0 Å². The molecule has 0 saturated heterocycles. The van der Waals surface area contributed by atoms with E-state index in [0.717, 1.165) is 6.07 Å². The molecule has 35 heavy (non-hydrogen) atoms. The summed E-state index contributed by atoms with van der Waals surface area (Å²) in [5.74, 6) is -7.99. The molecule has 1 heterocycles. The first-order valence-electron chi connectivity index (χ1n) is 11.4. The molecule has 1 aromatic rings. The molecule has 0 unspecified atom stereocenters. The van der Waals surface area contributed by atoms with Crippen molar-refractivity contribution in [2.75, 3.05) is 13.2 Å². The van der Waals surface area contributed by atoms with E-state index in [2.05, 4.69) is 0 Å². The van der Waals surface area contributed by atoms with Gasteiger partial charge in [-0.1, -0.05) is 20.8 Å². The van der Waals surface area contributed by atoms with Crippen LogP contribution in [0.2, 0.25) is 0 Å². The summed E-state index contributed by atoms with van der Waals surface area (Å²) in [6, 6.07) is 0.798. The predicted molar refractivity (Wildman–Crippen MR) is 118 cm³/mol. The van der Waals surface area contributed by atoms with E-state index < -0.39 is 46.8 Å². The Kier molecular flexibility index (Phi) is 12.3. The molecule has 0 aliphatic rings. The maximum absolute atomic E-state index is 12.5. The first kappa shape index (κ1) is 29.5. The quantitative estimate of drug-likeness (QED) is 0.213. The molecular formula is C23H32O12. The largest absolute Gasteiger partial charge is 0.504 e. The van der Waals surface area contributed by atoms with Gasteiger partial charge in [-0.05, 0) is 26.2 Å². The molecule has 0 fully saturated rings. The van der Waals surface area contributed by atoms with E-state index in [1.165, 1.54) is 20.8 Å². The average Bonchev–Trinajstić information content (AvgIpc) is 2.82. The van der Waals surface area contributed by atoms with Gasteiger partial charge < -0.3 is 33.2 Å². The number of aromatic hydroxyl groups is 1. The number of hydrogen-bond acceptors (Lipinski definition) is 12. The lowest BCUT2D eigenvalue weighted by Crippen LogP contribution is -2.42. The third kappa shape index (κ3) is 9.30. The minimum Gasteiger partial charge on any atom is -0.504 e. The summed E-state index contributed by atoms with van der Waals surface area (Å²) in [6.07, 6.45) is 1.29. The topological polar surface area (TPSA) is 165 Å². The Hall–Kier alpha value is -3.57. The molecule has 0 aromatic carbocycles. The van der Waals surface area contributed by atoms with Crippen molar-refractivity contribution in [2.45, 2.75) is 78.6 Å². The Morgan fingerprint density at radius 3 is 1.86 bits per heavy atom. The molecule has 0 saturated carbocycles. The fourth-order valence-electron chi connectivity index (χ4n) is 2.59. The van der Waals surface area contributed by atoms with Crippen molar-refractivity contribution >= 4 is 23.9 Å². The minimum atomic E-state index is -2.85. The van der Waals surface area contributed by atoms with Gasteiger partial charge in [0, 0.05) is 31.7 Å². The monoisotopic (exact) mass is 500 g/mol. The summed E-state index contributed by atoms with van der Waals surface area (Å²) in [7, 11) is 0. The van der Waals surface area contributed by atoms with Crippen LogP contribution in [0.5, 0.6) is 11.5 Å². The van der Waals surface area contributed by atoms with Crippen LogP contribution in [-0.2, 0) is 44.1 Å². The molecule has 0 spiro atoms. The standard InChI is InChI=1S/C23H32O12/c1-5-17(25)33-23(34-18(26)6-2,35-19(27)7-3)16-14-15(24)21(22(29)32-16)31-13-11-9-10-12-20(28)30-8-4/h14,24H,5-13H2,1-4H3. The molecule has 1 N–H and O–H groups in total. The highest BCUT2D eigenvalue weighted by Gasteiger charge is 2.49. The molecule has 0 radical (unpaired) electrons. The van der Waals surface area contributed by atoms with Crippen LogP contribution in [0, 0.1) is 0 Å². The highest BCUT2D eigenvalue weighted by atomic mass is 16.9. The van der Waals surface area contributed by atoms with E-state index in [4.69, 9.17) is 28.1 Å². The van der Waals surface area contributed by atoms with E-state index in [0.29, 0.717) is 25.9 Å². The van der Waals surface area contributed by atoms with E-state index >= 15 is 0 Å². The fourth-order valence-corrected chi connectivity index (χ4v) is 2.59. The van der Waals surface area contributed by atoms with Crippen LogP contribution in [0.1, 0.15) is 78.4 Å². The van der Waals surface area contributed by atoms with Crippen molar-refractivity contribution in [1.29, 1.82) is 0 Å². The van der Waals surface area contributed by atoms with Crippen molar-refractivity contribution in [3.8, 4) is 11.5 Å². The first-order chi connectivity index (χ1) is 16.6. The number of carbonyl (C=O) groups excluding carboxylic acids is 4. The van der Waals surface area contributed by atoms with Crippen LogP contribution >= 0.6 is 0 Å². The SMILES string of the molecule is CCOC(=O)CCCCCOc1c(O)cc(C(OC(=O)CC)(OC(=O)CC)OC(=O)CC)oc1=O. The predicted octanol–water partition coefficient (Wildman–Crippen LogP) is 2.82. The van der Waals surface area contributed by atoms with Gasteiger partial charge in [-0.3, -0.25) is 19.2 Å². The second-order valence-corrected chi connectivity index (χ2v) is 7.12. The molecule has 1 aromatic heterocycles. The summed E-state index contributed by atoms with van der Waals surface area (Å²) < 4.78 is 30.5. The molecule has 0 aliphatic heterocycles. The lowest BCUT2D eigenvalue weighted by molar-refractivity contribution is -0.348. The maximum Gasteiger partial charge on any atom is 0.488 e. The molecule has 12 nitrogen and oxygen atoms in total. The first-order valence-corrected chi connectivity index (χ1v) is 11.4. The summed E-state index contributed by atoms with van der Waals surface area (Å²) in [5, 5.41) is 10.4. The summed E-state index contributed by atoms with van der Waals surface area (Å²) in [5.41, 5.74) is -1.19. The lowest BCUT2D eigenvalue weighted by Gasteiger charge is -2.29. The minimum absolute atomic E-state index is 0.0199. The third-order valence-electron chi connectivity index (χ3n) is 4.38. The number of carbonyl (C=O) groups is 4. The molecule has 196 valence electrons. The zero-order valence-electron chi connectivity index (χ0n) is 20.4. The Morgan fingerprint density at radius 1 is 0.857 bits per heavy atom. The van der Waals surface area contributed by atoms with Crippen LogP contribution in [0.25, 0.3) is 0 Å². The molecule has 1 rings (SSSR count). The lowest BCUT2D eigenvalue weighted by atomic mass is 10.2. The number of esters is 4. The Balaban J connectivity index is 3.12. The van der Waals surface area contributed by atoms with Crippen LogP contribution in [-0.4, -0.2) is 42.2 Å². The normalized spacial score (nSPS) is 10.9. The second-order valence-electron chi connectivity index (χ2n) is 7.12. The van der Waals surface area contributed by atoms with Crippen molar-refractivity contribution in [2.24, 2.45) is 0 Å². The van der Waals surface area contributed by atoms with Gasteiger partial charge in [0.05, 0.1) is 13.2 Å². The van der Waals surface area contributed by atoms with Crippen molar-refractivity contribution in [1.82, 2.24) is 0 Å². The Bertz CT molecular complexity index is 887.